The van der Waals surface area contributed by atoms with Crippen LogP contribution in [0.1, 0.15) is 24.5 Å². The molecule has 2 rings (SSSR count). The molecule has 0 amide bonds. The van der Waals surface area contributed by atoms with Crippen molar-refractivity contribution in [2.45, 2.75) is 19.9 Å². The van der Waals surface area contributed by atoms with Crippen LogP contribution in [0.25, 0.3) is 0 Å². The summed E-state index contributed by atoms with van der Waals surface area (Å²) in [4.78, 5) is 15.5. The van der Waals surface area contributed by atoms with E-state index in [9.17, 15) is 9.18 Å². The Morgan fingerprint density at radius 3 is 3.12 bits per heavy atom. The highest BCUT2D eigenvalue weighted by Gasteiger charge is 2.19. The molecule has 0 aromatic heterocycles. The summed E-state index contributed by atoms with van der Waals surface area (Å²) >= 11 is 0. The molecule has 3 nitrogen and oxygen atoms in total. The van der Waals surface area contributed by atoms with Crippen LogP contribution in [-0.4, -0.2) is 18.3 Å². The summed E-state index contributed by atoms with van der Waals surface area (Å²) in [5, 5.41) is 0. The molecule has 0 radical (unpaired) electrons. The molecule has 16 heavy (non-hydrogen) atoms. The SMILES string of the molecule is CCOC(=O)CC1=NCc2cc(F)ccc21. The number of hydrogen-bond acceptors (Lipinski definition) is 3. The number of carbonyl (C=O) groups excluding carboxylic acids is 1. The van der Waals surface area contributed by atoms with E-state index in [2.05, 4.69) is 4.99 Å². The van der Waals surface area contributed by atoms with Gasteiger partial charge in [0.1, 0.15) is 5.82 Å². The predicted molar refractivity (Wildman–Crippen MR) is 57.9 cm³/mol. The van der Waals surface area contributed by atoms with Crippen molar-refractivity contribution in [3.8, 4) is 0 Å². The number of esters is 1. The van der Waals surface area contributed by atoms with Crippen molar-refractivity contribution in [1.29, 1.82) is 0 Å². The van der Waals surface area contributed by atoms with Crippen LogP contribution in [0, 0.1) is 5.82 Å². The lowest BCUT2D eigenvalue weighted by Crippen LogP contribution is -2.11. The summed E-state index contributed by atoms with van der Waals surface area (Å²) in [5.41, 5.74) is 2.38. The first-order valence-electron chi connectivity index (χ1n) is 5.18. The molecule has 1 aliphatic heterocycles. The molecule has 0 aliphatic carbocycles. The van der Waals surface area contributed by atoms with Crippen molar-refractivity contribution in [2.24, 2.45) is 4.99 Å². The first-order valence-corrected chi connectivity index (χ1v) is 5.18. The molecule has 1 aliphatic rings. The zero-order valence-corrected chi connectivity index (χ0v) is 9.00. The molecule has 1 aromatic carbocycles. The molecule has 1 heterocycles. The van der Waals surface area contributed by atoms with Crippen molar-refractivity contribution in [3.05, 3.63) is 35.1 Å². The molecular formula is C12H12FNO2. The van der Waals surface area contributed by atoms with E-state index in [0.29, 0.717) is 18.9 Å². The molecule has 0 saturated heterocycles. The van der Waals surface area contributed by atoms with Gasteiger partial charge in [0, 0.05) is 5.56 Å². The molecule has 0 spiro atoms. The quantitative estimate of drug-likeness (QED) is 0.733. The third-order valence-electron chi connectivity index (χ3n) is 2.44. The Morgan fingerprint density at radius 2 is 2.38 bits per heavy atom. The lowest BCUT2D eigenvalue weighted by molar-refractivity contribution is -0.141. The third kappa shape index (κ3) is 2.10. The smallest absolute Gasteiger partial charge is 0.311 e. The summed E-state index contributed by atoms with van der Waals surface area (Å²) in [5.74, 6) is -0.565. The summed E-state index contributed by atoms with van der Waals surface area (Å²) < 4.78 is 17.8. The summed E-state index contributed by atoms with van der Waals surface area (Å²) in [6.45, 7) is 2.57. The number of halogens is 1. The van der Waals surface area contributed by atoms with Crippen molar-refractivity contribution < 1.29 is 13.9 Å². The second kappa shape index (κ2) is 4.43. The fraction of sp³-hybridized carbons (Fsp3) is 0.333. The van der Waals surface area contributed by atoms with Crippen LogP contribution in [0.5, 0.6) is 0 Å². The van der Waals surface area contributed by atoms with Crippen molar-refractivity contribution in [1.82, 2.24) is 0 Å². The van der Waals surface area contributed by atoms with E-state index in [-0.39, 0.29) is 18.2 Å². The van der Waals surface area contributed by atoms with Gasteiger partial charge >= 0.3 is 5.97 Å². The number of hydrogen-bond donors (Lipinski definition) is 0. The van der Waals surface area contributed by atoms with Gasteiger partial charge in [-0.25, -0.2) is 4.39 Å². The molecule has 0 atom stereocenters. The van der Waals surface area contributed by atoms with E-state index in [1.54, 1.807) is 13.0 Å². The Hall–Kier alpha value is -1.71. The molecule has 0 saturated carbocycles. The zero-order chi connectivity index (χ0) is 11.5. The van der Waals surface area contributed by atoms with Crippen molar-refractivity contribution in [2.75, 3.05) is 6.61 Å². The molecule has 84 valence electrons. The van der Waals surface area contributed by atoms with Gasteiger partial charge in [-0.3, -0.25) is 9.79 Å². The van der Waals surface area contributed by atoms with E-state index >= 15 is 0 Å². The largest absolute Gasteiger partial charge is 0.466 e. The number of fused-ring (bicyclic) bond motifs is 1. The average molecular weight is 221 g/mol. The number of ether oxygens (including phenoxy) is 1. The Kier molecular flexibility index (Phi) is 2.99. The van der Waals surface area contributed by atoms with Gasteiger partial charge in [-0.05, 0) is 30.7 Å². The Morgan fingerprint density at radius 1 is 1.56 bits per heavy atom. The highest BCUT2D eigenvalue weighted by Crippen LogP contribution is 2.21. The summed E-state index contributed by atoms with van der Waals surface area (Å²) in [7, 11) is 0. The lowest BCUT2D eigenvalue weighted by Gasteiger charge is -2.03. The van der Waals surface area contributed by atoms with Crippen LogP contribution in [0.4, 0.5) is 4.39 Å². The number of carbonyl (C=O) groups is 1. The highest BCUT2D eigenvalue weighted by molar-refractivity contribution is 6.11. The Labute approximate surface area is 93.0 Å². The molecule has 0 fully saturated rings. The zero-order valence-electron chi connectivity index (χ0n) is 9.00. The molecule has 0 unspecified atom stereocenters. The molecular weight excluding hydrogens is 209 g/mol. The first-order chi connectivity index (χ1) is 7.70. The average Bonchev–Trinajstić information content (AvgIpc) is 2.61. The van der Waals surface area contributed by atoms with Crippen LogP contribution in [0.15, 0.2) is 23.2 Å². The Balaban J connectivity index is 2.14. The Bertz CT molecular complexity index is 454. The molecule has 1 aromatic rings. The monoisotopic (exact) mass is 221 g/mol. The van der Waals surface area contributed by atoms with Crippen molar-refractivity contribution >= 4 is 11.7 Å². The molecule has 0 N–H and O–H groups in total. The lowest BCUT2D eigenvalue weighted by atomic mass is 10.0. The van der Waals surface area contributed by atoms with Gasteiger partial charge in [-0.1, -0.05) is 0 Å². The van der Waals surface area contributed by atoms with E-state index in [4.69, 9.17) is 4.74 Å². The fourth-order valence-electron chi connectivity index (χ4n) is 1.74. The second-order valence-corrected chi connectivity index (χ2v) is 3.55. The highest BCUT2D eigenvalue weighted by atomic mass is 19.1. The van der Waals surface area contributed by atoms with Gasteiger partial charge in [-0.2, -0.15) is 0 Å². The van der Waals surface area contributed by atoms with E-state index in [1.165, 1.54) is 12.1 Å². The first kappa shape index (κ1) is 10.8. The normalized spacial score (nSPS) is 13.2. The molecule has 4 heteroatoms. The number of nitrogens with zero attached hydrogens (tertiary/aromatic N) is 1. The second-order valence-electron chi connectivity index (χ2n) is 3.55. The summed E-state index contributed by atoms with van der Waals surface area (Å²) in [6, 6.07) is 4.50. The maximum atomic E-state index is 12.9. The van der Waals surface area contributed by atoms with Gasteiger partial charge in [-0.15, -0.1) is 0 Å². The minimum absolute atomic E-state index is 0.159. The number of benzene rings is 1. The number of rotatable bonds is 3. The standard InChI is InChI=1S/C12H12FNO2/c1-2-16-12(15)6-11-10-4-3-9(13)5-8(10)7-14-11/h3-5H,2,6-7H2,1H3. The van der Waals surface area contributed by atoms with Crippen LogP contribution in [-0.2, 0) is 16.1 Å². The van der Waals surface area contributed by atoms with Crippen LogP contribution in [0.2, 0.25) is 0 Å². The van der Waals surface area contributed by atoms with E-state index < -0.39 is 0 Å². The third-order valence-corrected chi connectivity index (χ3v) is 2.44. The summed E-state index contributed by atoms with van der Waals surface area (Å²) in [6.07, 6.45) is 0.159. The fourth-order valence-corrected chi connectivity index (χ4v) is 1.74. The number of aliphatic imine (C=N–C) groups is 1. The van der Waals surface area contributed by atoms with E-state index in [0.717, 1.165) is 11.1 Å². The maximum absolute atomic E-state index is 12.9. The maximum Gasteiger partial charge on any atom is 0.311 e. The molecule has 0 bridgehead atoms. The van der Waals surface area contributed by atoms with Gasteiger partial charge in [0.2, 0.25) is 0 Å². The topological polar surface area (TPSA) is 38.7 Å². The van der Waals surface area contributed by atoms with Gasteiger partial charge in [0.25, 0.3) is 0 Å². The minimum atomic E-state index is -0.293. The van der Waals surface area contributed by atoms with Gasteiger partial charge < -0.3 is 4.74 Å². The van der Waals surface area contributed by atoms with Gasteiger partial charge in [0.05, 0.1) is 25.3 Å². The van der Waals surface area contributed by atoms with Crippen LogP contribution in [0.3, 0.4) is 0 Å². The van der Waals surface area contributed by atoms with E-state index in [1.807, 2.05) is 0 Å². The minimum Gasteiger partial charge on any atom is -0.466 e. The van der Waals surface area contributed by atoms with Gasteiger partial charge in [0.15, 0.2) is 0 Å². The van der Waals surface area contributed by atoms with Crippen molar-refractivity contribution in [3.63, 3.8) is 0 Å². The van der Waals surface area contributed by atoms with Crippen LogP contribution < -0.4 is 0 Å². The van der Waals surface area contributed by atoms with Crippen LogP contribution >= 0.6 is 0 Å². The predicted octanol–water partition coefficient (Wildman–Crippen LogP) is 2.08.